The van der Waals surface area contributed by atoms with Crippen LogP contribution in [0.15, 0.2) is 6.20 Å². The highest BCUT2D eigenvalue weighted by Crippen LogP contribution is 2.24. The molecule has 0 bridgehead atoms. The summed E-state index contributed by atoms with van der Waals surface area (Å²) >= 11 is 1.37. The molecule has 1 saturated heterocycles. The number of carbonyl (C=O) groups is 1. The van der Waals surface area contributed by atoms with Crippen molar-refractivity contribution in [2.75, 3.05) is 31.7 Å². The largest absolute Gasteiger partial charge is 0.465 e. The van der Waals surface area contributed by atoms with Crippen LogP contribution in [-0.4, -0.2) is 43.9 Å². The molecule has 1 aromatic heterocycles. The van der Waals surface area contributed by atoms with Gasteiger partial charge in [-0.1, -0.05) is 11.3 Å². The summed E-state index contributed by atoms with van der Waals surface area (Å²) in [6.45, 7) is 4.63. The molecule has 0 radical (unpaired) electrons. The summed E-state index contributed by atoms with van der Waals surface area (Å²) in [6, 6.07) is 0. The van der Waals surface area contributed by atoms with Crippen LogP contribution in [0, 0.1) is 0 Å². The zero-order valence-corrected chi connectivity index (χ0v) is 11.5. The molecule has 1 aliphatic heterocycles. The molecule has 0 saturated carbocycles. The molecule has 1 aromatic rings. The molecule has 0 spiro atoms. The lowest BCUT2D eigenvalue weighted by Gasteiger charge is -2.22. The minimum absolute atomic E-state index is 0.287. The van der Waals surface area contributed by atoms with Gasteiger partial charge in [0.2, 0.25) is 0 Å². The smallest absolute Gasteiger partial charge is 0.349 e. The fourth-order valence-corrected chi connectivity index (χ4v) is 2.89. The van der Waals surface area contributed by atoms with Gasteiger partial charge in [-0.05, 0) is 19.8 Å². The number of hydrogen-bond donors (Lipinski definition) is 0. The average molecular weight is 270 g/mol. The zero-order chi connectivity index (χ0) is 13.0. The molecule has 18 heavy (non-hydrogen) atoms. The summed E-state index contributed by atoms with van der Waals surface area (Å²) in [5.41, 5.74) is 0. The minimum atomic E-state index is -0.327. The van der Waals surface area contributed by atoms with Crippen molar-refractivity contribution >= 4 is 22.4 Å². The third-order valence-electron chi connectivity index (χ3n) is 2.98. The fourth-order valence-electron chi connectivity index (χ4n) is 1.98. The Morgan fingerprint density at radius 3 is 3.17 bits per heavy atom. The number of carbonyl (C=O) groups excluding carboxylic acids is 1. The molecule has 0 aromatic carbocycles. The number of thiazole rings is 1. The van der Waals surface area contributed by atoms with Gasteiger partial charge in [-0.2, -0.15) is 0 Å². The summed E-state index contributed by atoms with van der Waals surface area (Å²) in [5.74, 6) is -0.327. The van der Waals surface area contributed by atoms with Gasteiger partial charge in [-0.3, -0.25) is 0 Å². The molecule has 1 aliphatic rings. The first-order chi connectivity index (χ1) is 8.74. The van der Waals surface area contributed by atoms with Crippen molar-refractivity contribution in [3.8, 4) is 0 Å². The van der Waals surface area contributed by atoms with E-state index in [0.29, 0.717) is 4.88 Å². The van der Waals surface area contributed by atoms with Crippen molar-refractivity contribution in [1.29, 1.82) is 0 Å². The van der Waals surface area contributed by atoms with Crippen molar-refractivity contribution in [2.45, 2.75) is 25.9 Å². The Hall–Kier alpha value is -1.14. The van der Waals surface area contributed by atoms with Gasteiger partial charge in [0.15, 0.2) is 5.13 Å². The van der Waals surface area contributed by atoms with Crippen molar-refractivity contribution < 1.29 is 14.3 Å². The van der Waals surface area contributed by atoms with Crippen LogP contribution in [-0.2, 0) is 9.47 Å². The van der Waals surface area contributed by atoms with E-state index in [-0.39, 0.29) is 12.1 Å². The highest BCUT2D eigenvalue weighted by atomic mass is 32.1. The van der Waals surface area contributed by atoms with Crippen LogP contribution in [0.25, 0.3) is 0 Å². The number of ether oxygens (including phenoxy) is 2. The zero-order valence-electron chi connectivity index (χ0n) is 10.7. The normalized spacial score (nSPS) is 18.9. The summed E-state index contributed by atoms with van der Waals surface area (Å²) in [7, 11) is 1.38. The van der Waals surface area contributed by atoms with Crippen LogP contribution in [0.2, 0.25) is 0 Å². The van der Waals surface area contributed by atoms with Gasteiger partial charge >= 0.3 is 5.97 Å². The van der Waals surface area contributed by atoms with Gasteiger partial charge < -0.3 is 14.4 Å². The Labute approximate surface area is 111 Å². The molecule has 6 heteroatoms. The van der Waals surface area contributed by atoms with Crippen LogP contribution in [0.5, 0.6) is 0 Å². The standard InChI is InChI=1S/C12H18N2O3S/c1-3-14(8-9-5-4-6-17-9)12-13-7-10(18-12)11(15)16-2/h7,9H,3-6,8H2,1-2H3. The Bertz CT molecular complexity index is 402. The Kier molecular flexibility index (Phi) is 4.54. The molecular weight excluding hydrogens is 252 g/mol. The predicted octanol–water partition coefficient (Wildman–Crippen LogP) is 1.93. The van der Waals surface area contributed by atoms with Crippen molar-refractivity contribution in [3.05, 3.63) is 11.1 Å². The summed E-state index contributed by atoms with van der Waals surface area (Å²) in [4.78, 5) is 18.4. The molecule has 0 N–H and O–H groups in total. The van der Waals surface area contributed by atoms with E-state index in [0.717, 1.165) is 37.7 Å². The molecule has 1 unspecified atom stereocenters. The van der Waals surface area contributed by atoms with Crippen LogP contribution < -0.4 is 4.90 Å². The van der Waals surface area contributed by atoms with Crippen LogP contribution >= 0.6 is 11.3 Å². The first kappa shape index (κ1) is 13.3. The topological polar surface area (TPSA) is 51.7 Å². The highest BCUT2D eigenvalue weighted by Gasteiger charge is 2.21. The second-order valence-corrected chi connectivity index (χ2v) is 5.18. The van der Waals surface area contributed by atoms with Gasteiger partial charge in [0.1, 0.15) is 4.88 Å². The molecule has 1 atom stereocenters. The molecule has 100 valence electrons. The minimum Gasteiger partial charge on any atom is -0.465 e. The second-order valence-electron chi connectivity index (χ2n) is 4.17. The maximum atomic E-state index is 11.4. The Morgan fingerprint density at radius 1 is 1.72 bits per heavy atom. The van der Waals surface area contributed by atoms with E-state index >= 15 is 0 Å². The monoisotopic (exact) mass is 270 g/mol. The Balaban J connectivity index is 2.02. The van der Waals surface area contributed by atoms with Crippen LogP contribution in [0.3, 0.4) is 0 Å². The fraction of sp³-hybridized carbons (Fsp3) is 0.667. The lowest BCUT2D eigenvalue weighted by atomic mass is 10.2. The number of hydrogen-bond acceptors (Lipinski definition) is 6. The Morgan fingerprint density at radius 2 is 2.56 bits per heavy atom. The van der Waals surface area contributed by atoms with Crippen LogP contribution in [0.1, 0.15) is 29.4 Å². The van der Waals surface area contributed by atoms with Crippen LogP contribution in [0.4, 0.5) is 5.13 Å². The van der Waals surface area contributed by atoms with E-state index in [1.54, 1.807) is 6.20 Å². The van der Waals surface area contributed by atoms with Gasteiger partial charge in [-0.15, -0.1) is 0 Å². The van der Waals surface area contributed by atoms with Gasteiger partial charge in [0, 0.05) is 19.7 Å². The third kappa shape index (κ3) is 3.00. The van der Waals surface area contributed by atoms with Crippen molar-refractivity contribution in [2.24, 2.45) is 0 Å². The van der Waals surface area contributed by atoms with E-state index in [2.05, 4.69) is 21.5 Å². The average Bonchev–Trinajstić information content (AvgIpc) is 3.05. The predicted molar refractivity (Wildman–Crippen MR) is 70.3 cm³/mol. The molecule has 1 fully saturated rings. The molecule has 2 heterocycles. The number of esters is 1. The van der Waals surface area contributed by atoms with Gasteiger partial charge in [0.25, 0.3) is 0 Å². The van der Waals surface area contributed by atoms with E-state index in [1.165, 1.54) is 18.4 Å². The van der Waals surface area contributed by atoms with Gasteiger partial charge in [-0.25, -0.2) is 9.78 Å². The summed E-state index contributed by atoms with van der Waals surface area (Å²) in [5, 5.41) is 0.855. The molecule has 2 rings (SSSR count). The van der Waals surface area contributed by atoms with Crippen molar-refractivity contribution in [3.63, 3.8) is 0 Å². The number of methoxy groups -OCH3 is 1. The second kappa shape index (κ2) is 6.15. The maximum Gasteiger partial charge on any atom is 0.349 e. The first-order valence-electron chi connectivity index (χ1n) is 6.15. The SMILES string of the molecule is CCN(CC1CCCO1)c1ncc(C(=O)OC)s1. The quantitative estimate of drug-likeness (QED) is 0.765. The lowest BCUT2D eigenvalue weighted by molar-refractivity contribution is 0.0606. The van der Waals surface area contributed by atoms with E-state index in [4.69, 9.17) is 4.74 Å². The maximum absolute atomic E-state index is 11.4. The van der Waals surface area contributed by atoms with Crippen molar-refractivity contribution in [1.82, 2.24) is 4.98 Å². The summed E-state index contributed by atoms with van der Waals surface area (Å²) in [6.07, 6.45) is 4.10. The number of aromatic nitrogens is 1. The van der Waals surface area contributed by atoms with E-state index in [9.17, 15) is 4.79 Å². The molecule has 5 nitrogen and oxygen atoms in total. The molecule has 0 aliphatic carbocycles. The van der Waals surface area contributed by atoms with E-state index in [1.807, 2.05) is 0 Å². The highest BCUT2D eigenvalue weighted by molar-refractivity contribution is 7.17. The summed E-state index contributed by atoms with van der Waals surface area (Å²) < 4.78 is 10.3. The molecule has 0 amide bonds. The number of nitrogens with zero attached hydrogens (tertiary/aromatic N) is 2. The van der Waals surface area contributed by atoms with E-state index < -0.39 is 0 Å². The van der Waals surface area contributed by atoms with Gasteiger partial charge in [0.05, 0.1) is 19.4 Å². The third-order valence-corrected chi connectivity index (χ3v) is 4.02. The number of anilines is 1. The molecular formula is C12H18N2O3S. The first-order valence-corrected chi connectivity index (χ1v) is 6.97. The number of rotatable bonds is 5. The lowest BCUT2D eigenvalue weighted by Crippen LogP contribution is -2.31. The number of likely N-dealkylation sites (N-methyl/N-ethyl adjacent to an activating group) is 1.